The number of piperazine rings is 1. The van der Waals surface area contributed by atoms with E-state index in [1.807, 2.05) is 4.90 Å². The number of carbonyl (C=O) groups is 1. The highest BCUT2D eigenvalue weighted by Gasteiger charge is 2.38. The molecule has 4 heterocycles. The summed E-state index contributed by atoms with van der Waals surface area (Å²) >= 11 is 0. The molecule has 0 radical (unpaired) electrons. The number of rotatable bonds is 3. The molecule has 3 saturated heterocycles. The summed E-state index contributed by atoms with van der Waals surface area (Å²) in [5.74, 6) is 0.533. The molecule has 0 bridgehead atoms. The molecular weight excluding hydrogens is 390 g/mol. The molecule has 4 rings (SSSR count). The zero-order valence-electron chi connectivity index (χ0n) is 16.0. The van der Waals surface area contributed by atoms with E-state index in [1.165, 1.54) is 6.07 Å². The highest BCUT2D eigenvalue weighted by Crippen LogP contribution is 2.29. The average molecular weight is 415 g/mol. The molecule has 3 aliphatic rings. The number of carbonyl (C=O) groups excluding carboxylic acids is 1. The molecule has 3 fully saturated rings. The highest BCUT2D eigenvalue weighted by molar-refractivity contribution is 5.82. The van der Waals surface area contributed by atoms with Crippen LogP contribution in [0.5, 0.6) is 0 Å². The molecule has 29 heavy (non-hydrogen) atoms. The van der Waals surface area contributed by atoms with Crippen molar-refractivity contribution in [1.29, 1.82) is 0 Å². The maximum Gasteiger partial charge on any atom is 0.417 e. The summed E-state index contributed by atoms with van der Waals surface area (Å²) < 4.78 is 51.4. The van der Waals surface area contributed by atoms with Crippen molar-refractivity contribution in [3.8, 4) is 0 Å². The van der Waals surface area contributed by atoms with Gasteiger partial charge in [0.05, 0.1) is 18.2 Å². The van der Waals surface area contributed by atoms with Gasteiger partial charge in [-0.25, -0.2) is 9.37 Å². The average Bonchev–Trinajstić information content (AvgIpc) is 3.36. The minimum Gasteiger partial charge on any atom is -0.354 e. The molecule has 160 valence electrons. The number of aromatic nitrogens is 1. The standard InChI is InChI=1S/C19H25F4N5O/c20-14-3-4-28(12-14)18(29)16-9-15(11-24-16)26-5-7-27(8-6-26)17-2-1-13(10-25-17)19(21,22)23/h1-2,10,14-16,24H,3-9,11-12H2/t14-,15-,16-/m0/s1. The maximum atomic E-state index is 13.4. The summed E-state index contributed by atoms with van der Waals surface area (Å²) in [6.45, 7) is 4.24. The number of halogens is 4. The van der Waals surface area contributed by atoms with Crippen molar-refractivity contribution in [1.82, 2.24) is 20.1 Å². The molecule has 0 aromatic carbocycles. The van der Waals surface area contributed by atoms with Crippen LogP contribution < -0.4 is 10.2 Å². The number of nitrogens with zero attached hydrogens (tertiary/aromatic N) is 4. The largest absolute Gasteiger partial charge is 0.417 e. The van der Waals surface area contributed by atoms with Crippen LogP contribution in [0.2, 0.25) is 0 Å². The third-order valence-electron chi connectivity index (χ3n) is 6.08. The Morgan fingerprint density at radius 2 is 1.90 bits per heavy atom. The Morgan fingerprint density at radius 1 is 1.14 bits per heavy atom. The van der Waals surface area contributed by atoms with Crippen LogP contribution in [0.15, 0.2) is 18.3 Å². The predicted molar refractivity (Wildman–Crippen MR) is 99.3 cm³/mol. The van der Waals surface area contributed by atoms with E-state index in [-0.39, 0.29) is 24.5 Å². The second-order valence-corrected chi connectivity index (χ2v) is 7.95. The molecule has 0 aliphatic carbocycles. The molecule has 0 unspecified atom stereocenters. The fourth-order valence-electron chi connectivity index (χ4n) is 4.38. The number of alkyl halides is 4. The number of hydrogen-bond acceptors (Lipinski definition) is 5. The molecule has 0 spiro atoms. The maximum absolute atomic E-state index is 13.4. The smallest absolute Gasteiger partial charge is 0.354 e. The van der Waals surface area contributed by atoms with Crippen molar-refractivity contribution in [2.24, 2.45) is 0 Å². The fourth-order valence-corrected chi connectivity index (χ4v) is 4.38. The molecule has 1 amide bonds. The van der Waals surface area contributed by atoms with Gasteiger partial charge >= 0.3 is 6.18 Å². The van der Waals surface area contributed by atoms with Crippen LogP contribution in [0.1, 0.15) is 18.4 Å². The SMILES string of the molecule is O=C([C@@H]1C[C@H](N2CCN(c3ccc(C(F)(F)F)cn3)CC2)CN1)N1CC[C@H](F)C1. The Bertz CT molecular complexity index is 720. The van der Waals surface area contributed by atoms with Crippen LogP contribution in [0.4, 0.5) is 23.4 Å². The van der Waals surface area contributed by atoms with E-state index < -0.39 is 17.9 Å². The van der Waals surface area contributed by atoms with Crippen LogP contribution in [-0.4, -0.2) is 84.8 Å². The van der Waals surface area contributed by atoms with Gasteiger partial charge in [-0.15, -0.1) is 0 Å². The van der Waals surface area contributed by atoms with Crippen molar-refractivity contribution < 1.29 is 22.4 Å². The van der Waals surface area contributed by atoms with Crippen molar-refractivity contribution in [2.75, 3.05) is 50.7 Å². The third-order valence-corrected chi connectivity index (χ3v) is 6.08. The zero-order valence-corrected chi connectivity index (χ0v) is 16.0. The van der Waals surface area contributed by atoms with E-state index in [9.17, 15) is 22.4 Å². The number of likely N-dealkylation sites (tertiary alicyclic amines) is 1. The van der Waals surface area contributed by atoms with E-state index in [0.717, 1.165) is 25.4 Å². The Labute approximate surface area is 166 Å². The van der Waals surface area contributed by atoms with Gasteiger partial charge in [-0.1, -0.05) is 0 Å². The molecule has 1 aromatic rings. The molecule has 1 N–H and O–H groups in total. The summed E-state index contributed by atoms with van der Waals surface area (Å²) in [7, 11) is 0. The quantitative estimate of drug-likeness (QED) is 0.759. The number of anilines is 1. The second kappa shape index (κ2) is 8.06. The molecular formula is C19H25F4N5O. The normalized spacial score (nSPS) is 28.9. The predicted octanol–water partition coefficient (Wildman–Crippen LogP) is 1.52. The van der Waals surface area contributed by atoms with E-state index in [2.05, 4.69) is 15.2 Å². The first kappa shape index (κ1) is 20.3. The van der Waals surface area contributed by atoms with Gasteiger partial charge in [-0.2, -0.15) is 13.2 Å². The monoisotopic (exact) mass is 415 g/mol. The molecule has 3 aliphatic heterocycles. The number of amides is 1. The van der Waals surface area contributed by atoms with Crippen LogP contribution in [0.3, 0.4) is 0 Å². The lowest BCUT2D eigenvalue weighted by Gasteiger charge is -2.38. The van der Waals surface area contributed by atoms with Crippen molar-refractivity contribution in [3.05, 3.63) is 23.9 Å². The Kier molecular flexibility index (Phi) is 5.65. The van der Waals surface area contributed by atoms with Crippen LogP contribution >= 0.6 is 0 Å². The van der Waals surface area contributed by atoms with Gasteiger partial charge in [-0.3, -0.25) is 9.69 Å². The van der Waals surface area contributed by atoms with E-state index in [0.29, 0.717) is 44.8 Å². The van der Waals surface area contributed by atoms with Crippen LogP contribution in [0.25, 0.3) is 0 Å². The van der Waals surface area contributed by atoms with E-state index >= 15 is 0 Å². The first-order valence-corrected chi connectivity index (χ1v) is 10.00. The summed E-state index contributed by atoms with van der Waals surface area (Å²) in [6, 6.07) is 2.44. The Hall–Kier alpha value is -1.94. The summed E-state index contributed by atoms with van der Waals surface area (Å²) in [5.41, 5.74) is -0.746. The zero-order chi connectivity index (χ0) is 20.6. The number of pyridine rings is 1. The van der Waals surface area contributed by atoms with E-state index in [4.69, 9.17) is 0 Å². The highest BCUT2D eigenvalue weighted by atomic mass is 19.4. The van der Waals surface area contributed by atoms with Gasteiger partial charge in [-0.05, 0) is 25.0 Å². The summed E-state index contributed by atoms with van der Waals surface area (Å²) in [6.07, 6.45) is -3.30. The lowest BCUT2D eigenvalue weighted by Crippen LogP contribution is -2.51. The van der Waals surface area contributed by atoms with Gasteiger partial charge in [0.25, 0.3) is 0 Å². The molecule has 0 saturated carbocycles. The fraction of sp³-hybridized carbons (Fsp3) is 0.684. The first-order chi connectivity index (χ1) is 13.8. The van der Waals surface area contributed by atoms with E-state index in [1.54, 1.807) is 4.90 Å². The van der Waals surface area contributed by atoms with Gasteiger partial charge in [0.15, 0.2) is 0 Å². The van der Waals surface area contributed by atoms with Crippen LogP contribution in [0, 0.1) is 0 Å². The van der Waals surface area contributed by atoms with Crippen molar-refractivity contribution in [2.45, 2.75) is 37.3 Å². The molecule has 3 atom stereocenters. The summed E-state index contributed by atoms with van der Waals surface area (Å²) in [4.78, 5) is 22.4. The van der Waals surface area contributed by atoms with Gasteiger partial charge in [0.1, 0.15) is 12.0 Å². The molecule has 6 nitrogen and oxygen atoms in total. The third kappa shape index (κ3) is 4.48. The minimum absolute atomic E-state index is 0.0137. The topological polar surface area (TPSA) is 51.7 Å². The molecule has 1 aromatic heterocycles. The summed E-state index contributed by atoms with van der Waals surface area (Å²) in [5, 5.41) is 3.27. The van der Waals surface area contributed by atoms with Crippen molar-refractivity contribution >= 4 is 11.7 Å². The number of hydrogen-bond donors (Lipinski definition) is 1. The number of nitrogens with one attached hydrogen (secondary N) is 1. The van der Waals surface area contributed by atoms with Gasteiger partial charge in [0, 0.05) is 51.5 Å². The Balaban J connectivity index is 1.27. The van der Waals surface area contributed by atoms with Gasteiger partial charge < -0.3 is 15.1 Å². The van der Waals surface area contributed by atoms with Crippen molar-refractivity contribution in [3.63, 3.8) is 0 Å². The second-order valence-electron chi connectivity index (χ2n) is 7.95. The molecule has 10 heteroatoms. The van der Waals surface area contributed by atoms with Gasteiger partial charge in [0.2, 0.25) is 5.91 Å². The van der Waals surface area contributed by atoms with Crippen LogP contribution in [-0.2, 0) is 11.0 Å². The lowest BCUT2D eigenvalue weighted by atomic mass is 10.1. The lowest BCUT2D eigenvalue weighted by molar-refractivity contribution is -0.137. The first-order valence-electron chi connectivity index (χ1n) is 10.00. The minimum atomic E-state index is -4.38. The Morgan fingerprint density at radius 3 is 2.48 bits per heavy atom.